The maximum atomic E-state index is 13.1. The minimum Gasteiger partial charge on any atom is -0.497 e. The summed E-state index contributed by atoms with van der Waals surface area (Å²) in [5.74, 6) is 0.191. The van der Waals surface area contributed by atoms with Gasteiger partial charge in [0.1, 0.15) is 11.5 Å². The minimum absolute atomic E-state index is 0.330. The molecule has 4 rings (SSSR count). The molecule has 8 heteroatoms. The van der Waals surface area contributed by atoms with Crippen LogP contribution in [-0.4, -0.2) is 49.6 Å². The number of carbonyl (C=O) groups is 1. The van der Waals surface area contributed by atoms with Gasteiger partial charge in [0, 0.05) is 28.3 Å². The molecule has 1 saturated heterocycles. The second-order valence-electron chi connectivity index (χ2n) is 7.09. The fraction of sp³-hybridized carbons (Fsp3) is 0.350. The third-order valence-electron chi connectivity index (χ3n) is 5.88. The van der Waals surface area contributed by atoms with Gasteiger partial charge in [0.25, 0.3) is 11.9 Å². The second-order valence-corrected chi connectivity index (χ2v) is 7.09. The van der Waals surface area contributed by atoms with E-state index in [9.17, 15) is 14.9 Å². The summed E-state index contributed by atoms with van der Waals surface area (Å²) in [7, 11) is 4.82. The molecule has 1 N–H and O–H groups in total. The van der Waals surface area contributed by atoms with Crippen molar-refractivity contribution in [3.63, 3.8) is 0 Å². The van der Waals surface area contributed by atoms with Crippen LogP contribution in [0.3, 0.4) is 0 Å². The maximum absolute atomic E-state index is 13.1. The van der Waals surface area contributed by atoms with Crippen molar-refractivity contribution >= 4 is 11.6 Å². The highest BCUT2D eigenvalue weighted by molar-refractivity contribution is 6.06. The Hall–Kier alpha value is -3.13. The van der Waals surface area contributed by atoms with Gasteiger partial charge in [-0.1, -0.05) is 18.2 Å². The SMILES string of the molecule is COc1ccc(OC)c([C@@H]2CN(C)[C@@]3(C(=O)Nc4ccccc43)[C@@H]2[N+](=O)[O-])c1. The Balaban J connectivity index is 1.92. The molecule has 0 aliphatic carbocycles. The van der Waals surface area contributed by atoms with Crippen molar-refractivity contribution in [2.75, 3.05) is 33.1 Å². The molecular formula is C20H21N3O5. The van der Waals surface area contributed by atoms with Gasteiger partial charge in [-0.2, -0.15) is 0 Å². The van der Waals surface area contributed by atoms with Crippen LogP contribution in [-0.2, 0) is 10.3 Å². The minimum atomic E-state index is -1.38. The molecule has 2 aromatic rings. The largest absolute Gasteiger partial charge is 0.497 e. The van der Waals surface area contributed by atoms with Crippen molar-refractivity contribution in [1.82, 2.24) is 4.90 Å². The van der Waals surface area contributed by atoms with E-state index in [0.717, 1.165) is 0 Å². The van der Waals surface area contributed by atoms with Crippen LogP contribution in [0.15, 0.2) is 42.5 Å². The average molecular weight is 383 g/mol. The summed E-state index contributed by atoms with van der Waals surface area (Å²) >= 11 is 0. The first-order chi connectivity index (χ1) is 13.4. The molecule has 0 unspecified atom stereocenters. The number of para-hydroxylation sites is 1. The van der Waals surface area contributed by atoms with Gasteiger partial charge in [-0.25, -0.2) is 0 Å². The van der Waals surface area contributed by atoms with E-state index < -0.39 is 17.5 Å². The van der Waals surface area contributed by atoms with Gasteiger partial charge in [0.15, 0.2) is 5.54 Å². The van der Waals surface area contributed by atoms with Gasteiger partial charge in [-0.15, -0.1) is 0 Å². The molecule has 2 aliphatic heterocycles. The molecule has 2 aliphatic rings. The number of hydrogen-bond acceptors (Lipinski definition) is 6. The molecule has 2 heterocycles. The third-order valence-corrected chi connectivity index (χ3v) is 5.88. The monoisotopic (exact) mass is 383 g/mol. The number of nitro groups is 1. The van der Waals surface area contributed by atoms with Crippen molar-refractivity contribution in [1.29, 1.82) is 0 Å². The molecule has 0 bridgehead atoms. The van der Waals surface area contributed by atoms with Crippen molar-refractivity contribution in [3.05, 3.63) is 63.7 Å². The van der Waals surface area contributed by atoms with Gasteiger partial charge in [0.2, 0.25) is 0 Å². The Bertz CT molecular complexity index is 963. The van der Waals surface area contributed by atoms with Crippen LogP contribution in [0.4, 0.5) is 5.69 Å². The number of rotatable bonds is 4. The molecule has 1 amide bonds. The number of amides is 1. The van der Waals surface area contributed by atoms with E-state index >= 15 is 0 Å². The van der Waals surface area contributed by atoms with Crippen LogP contribution in [0, 0.1) is 10.1 Å². The van der Waals surface area contributed by atoms with Crippen molar-refractivity contribution < 1.29 is 19.2 Å². The first-order valence-electron chi connectivity index (χ1n) is 8.92. The lowest BCUT2D eigenvalue weighted by atomic mass is 9.79. The van der Waals surface area contributed by atoms with E-state index in [1.54, 1.807) is 61.5 Å². The number of likely N-dealkylation sites (N-methyl/N-ethyl adjacent to an activating group) is 1. The van der Waals surface area contributed by atoms with Crippen LogP contribution < -0.4 is 14.8 Å². The number of likely N-dealkylation sites (tertiary alicyclic amines) is 1. The number of ether oxygens (including phenoxy) is 2. The summed E-state index contributed by atoms with van der Waals surface area (Å²) in [4.78, 5) is 26.9. The summed E-state index contributed by atoms with van der Waals surface area (Å²) in [6.45, 7) is 0.330. The van der Waals surface area contributed by atoms with Gasteiger partial charge >= 0.3 is 0 Å². The molecule has 3 atom stereocenters. The number of nitrogens with one attached hydrogen (secondary N) is 1. The molecule has 2 aromatic carbocycles. The van der Waals surface area contributed by atoms with E-state index in [1.807, 2.05) is 0 Å². The summed E-state index contributed by atoms with van der Waals surface area (Å²) < 4.78 is 10.8. The van der Waals surface area contributed by atoms with Gasteiger partial charge < -0.3 is 14.8 Å². The molecule has 0 aromatic heterocycles. The van der Waals surface area contributed by atoms with Crippen molar-refractivity contribution in [2.24, 2.45) is 0 Å². The van der Waals surface area contributed by atoms with Crippen LogP contribution in [0.2, 0.25) is 0 Å². The molecule has 146 valence electrons. The number of nitrogens with zero attached hydrogens (tertiary/aromatic N) is 2. The zero-order valence-electron chi connectivity index (χ0n) is 15.8. The summed E-state index contributed by atoms with van der Waals surface area (Å²) in [5, 5.41) is 15.2. The van der Waals surface area contributed by atoms with E-state index in [0.29, 0.717) is 34.9 Å². The smallest absolute Gasteiger partial charge is 0.256 e. The van der Waals surface area contributed by atoms with E-state index in [1.165, 1.54) is 7.11 Å². The zero-order valence-corrected chi connectivity index (χ0v) is 15.8. The predicted octanol–water partition coefficient (Wildman–Crippen LogP) is 2.23. The number of hydrogen-bond donors (Lipinski definition) is 1. The Kier molecular flexibility index (Phi) is 4.23. The predicted molar refractivity (Wildman–Crippen MR) is 102 cm³/mol. The highest BCUT2D eigenvalue weighted by Crippen LogP contribution is 2.53. The van der Waals surface area contributed by atoms with Gasteiger partial charge in [-0.3, -0.25) is 19.8 Å². The number of fused-ring (bicyclic) bond motifs is 2. The van der Waals surface area contributed by atoms with E-state index in [2.05, 4.69) is 5.32 Å². The normalized spacial score (nSPS) is 26.2. The Labute approximate surface area is 162 Å². The van der Waals surface area contributed by atoms with Crippen LogP contribution in [0.25, 0.3) is 0 Å². The highest BCUT2D eigenvalue weighted by Gasteiger charge is 2.68. The molecule has 0 radical (unpaired) electrons. The molecule has 1 spiro atoms. The number of carbonyl (C=O) groups excluding carboxylic acids is 1. The zero-order chi connectivity index (χ0) is 20.1. The fourth-order valence-corrected chi connectivity index (χ4v) is 4.69. The van der Waals surface area contributed by atoms with Crippen molar-refractivity contribution in [3.8, 4) is 11.5 Å². The first-order valence-corrected chi connectivity index (χ1v) is 8.92. The quantitative estimate of drug-likeness (QED) is 0.643. The van der Waals surface area contributed by atoms with Crippen LogP contribution in [0.1, 0.15) is 17.0 Å². The van der Waals surface area contributed by atoms with E-state index in [4.69, 9.17) is 9.47 Å². The summed E-state index contributed by atoms with van der Waals surface area (Å²) in [6, 6.07) is 11.2. The third kappa shape index (κ3) is 2.31. The fourth-order valence-electron chi connectivity index (χ4n) is 4.69. The molecule has 8 nitrogen and oxygen atoms in total. The Morgan fingerprint density at radius 3 is 2.64 bits per heavy atom. The molecule has 0 saturated carbocycles. The standard InChI is InChI=1S/C20H21N3O5/c1-22-11-14(13-10-12(27-2)8-9-17(13)28-3)18(23(25)26)20(22)15-6-4-5-7-16(15)21-19(20)24/h4-10,14,18H,11H2,1-3H3,(H,21,24)/t14-,18+,20+/m0/s1. The Morgan fingerprint density at radius 1 is 1.21 bits per heavy atom. The average Bonchev–Trinajstić information content (AvgIpc) is 3.17. The lowest BCUT2D eigenvalue weighted by Gasteiger charge is -2.30. The summed E-state index contributed by atoms with van der Waals surface area (Å²) in [6.07, 6.45) is 0. The van der Waals surface area contributed by atoms with Crippen LogP contribution >= 0.6 is 0 Å². The highest BCUT2D eigenvalue weighted by atomic mass is 16.6. The van der Waals surface area contributed by atoms with Crippen molar-refractivity contribution in [2.45, 2.75) is 17.5 Å². The molecule has 1 fully saturated rings. The second kappa shape index (κ2) is 6.49. The Morgan fingerprint density at radius 2 is 1.96 bits per heavy atom. The van der Waals surface area contributed by atoms with E-state index in [-0.39, 0.29) is 10.8 Å². The maximum Gasteiger partial charge on any atom is 0.256 e. The number of anilines is 1. The number of benzene rings is 2. The molecule has 28 heavy (non-hydrogen) atoms. The lowest BCUT2D eigenvalue weighted by molar-refractivity contribution is -0.534. The van der Waals surface area contributed by atoms with Gasteiger partial charge in [-0.05, 0) is 31.3 Å². The first kappa shape index (κ1) is 18.2. The molecular weight excluding hydrogens is 362 g/mol. The summed E-state index contributed by atoms with van der Waals surface area (Å²) in [5.41, 5.74) is 0.529. The number of methoxy groups -OCH3 is 2. The van der Waals surface area contributed by atoms with Crippen LogP contribution in [0.5, 0.6) is 11.5 Å². The van der Waals surface area contributed by atoms with Gasteiger partial charge in [0.05, 0.1) is 20.1 Å². The lowest BCUT2D eigenvalue weighted by Crippen LogP contribution is -2.54. The topological polar surface area (TPSA) is 93.9 Å².